The minimum Gasteiger partial charge on any atom is -0.497 e. The molecule has 0 aliphatic rings. The van der Waals surface area contributed by atoms with Gasteiger partial charge < -0.3 is 15.4 Å². The molecule has 0 unspecified atom stereocenters. The van der Waals surface area contributed by atoms with E-state index < -0.39 is 23.3 Å². The number of methoxy groups -OCH3 is 1. The Labute approximate surface area is 154 Å². The lowest BCUT2D eigenvalue weighted by molar-refractivity contribution is -0.136. The summed E-state index contributed by atoms with van der Waals surface area (Å²) in [5.74, 6) is 0.657. The Morgan fingerprint density at radius 2 is 1.69 bits per heavy atom. The fourth-order valence-electron chi connectivity index (χ4n) is 2.38. The highest BCUT2D eigenvalue weighted by Crippen LogP contribution is 2.36. The van der Waals surface area contributed by atoms with E-state index in [1.807, 2.05) is 0 Å². The van der Waals surface area contributed by atoms with Crippen LogP contribution < -0.4 is 15.4 Å². The Kier molecular flexibility index (Phi) is 5.71. The summed E-state index contributed by atoms with van der Waals surface area (Å²) in [6.45, 7) is 3.47. The molecule has 0 aromatic heterocycles. The molecule has 0 atom stereocenters. The first kappa shape index (κ1) is 19.9. The summed E-state index contributed by atoms with van der Waals surface area (Å²) in [5.41, 5.74) is -1.44. The number of ether oxygens (including phenoxy) is 1. The van der Waals surface area contributed by atoms with Gasteiger partial charge in [-0.25, -0.2) is 4.79 Å². The van der Waals surface area contributed by atoms with Gasteiger partial charge in [-0.2, -0.15) is 13.2 Å². The van der Waals surface area contributed by atoms with Crippen LogP contribution in [-0.4, -0.2) is 13.1 Å². The second-order valence-electron chi connectivity index (χ2n) is 6.12. The third kappa shape index (κ3) is 4.82. The highest BCUT2D eigenvalue weighted by Gasteiger charge is 2.34. The summed E-state index contributed by atoms with van der Waals surface area (Å²) < 4.78 is 44.4. The van der Waals surface area contributed by atoms with Crippen LogP contribution in [-0.2, 0) is 11.7 Å². The molecule has 0 saturated heterocycles. The maximum Gasteiger partial charge on any atom is 0.418 e. The third-order valence-electron chi connectivity index (χ3n) is 3.77. The van der Waals surface area contributed by atoms with E-state index in [1.165, 1.54) is 13.2 Å². The number of hydrogen-bond acceptors (Lipinski definition) is 2. The Bertz CT molecular complexity index is 790. The molecule has 8 heteroatoms. The summed E-state index contributed by atoms with van der Waals surface area (Å²) in [6, 6.07) is 9.40. The van der Waals surface area contributed by atoms with Crippen LogP contribution in [0.4, 0.5) is 23.7 Å². The molecule has 0 saturated carbocycles. The van der Waals surface area contributed by atoms with Gasteiger partial charge in [0, 0.05) is 5.02 Å². The van der Waals surface area contributed by atoms with Gasteiger partial charge in [-0.15, -0.1) is 0 Å². The van der Waals surface area contributed by atoms with E-state index in [-0.39, 0.29) is 10.7 Å². The van der Waals surface area contributed by atoms with E-state index in [1.54, 1.807) is 38.1 Å². The zero-order valence-corrected chi connectivity index (χ0v) is 15.1. The molecule has 0 fully saturated rings. The van der Waals surface area contributed by atoms with Crippen molar-refractivity contribution in [2.45, 2.75) is 25.6 Å². The number of amides is 2. The zero-order chi connectivity index (χ0) is 19.5. The molecule has 140 valence electrons. The molecular formula is C18H18ClF3N2O2. The van der Waals surface area contributed by atoms with Gasteiger partial charge in [0.15, 0.2) is 0 Å². The first-order valence-electron chi connectivity index (χ1n) is 7.63. The van der Waals surface area contributed by atoms with Gasteiger partial charge in [0.1, 0.15) is 5.75 Å². The molecule has 2 rings (SSSR count). The van der Waals surface area contributed by atoms with Crippen LogP contribution in [0.15, 0.2) is 42.5 Å². The lowest BCUT2D eigenvalue weighted by Crippen LogP contribution is -2.43. The van der Waals surface area contributed by atoms with Gasteiger partial charge in [0.25, 0.3) is 0 Å². The van der Waals surface area contributed by atoms with Crippen molar-refractivity contribution in [2.75, 3.05) is 12.4 Å². The monoisotopic (exact) mass is 386 g/mol. The quantitative estimate of drug-likeness (QED) is 0.736. The van der Waals surface area contributed by atoms with Gasteiger partial charge >= 0.3 is 12.2 Å². The number of carbonyl (C=O) groups is 1. The molecule has 26 heavy (non-hydrogen) atoms. The van der Waals surface area contributed by atoms with Crippen LogP contribution in [0, 0.1) is 0 Å². The number of urea groups is 1. The minimum absolute atomic E-state index is 0.0677. The largest absolute Gasteiger partial charge is 0.497 e. The molecule has 0 aliphatic carbocycles. The van der Waals surface area contributed by atoms with Crippen molar-refractivity contribution in [3.63, 3.8) is 0 Å². The summed E-state index contributed by atoms with van der Waals surface area (Å²) in [6.07, 6.45) is -4.64. The molecule has 0 aliphatic heterocycles. The van der Waals surface area contributed by atoms with E-state index in [0.717, 1.165) is 17.7 Å². The van der Waals surface area contributed by atoms with Crippen molar-refractivity contribution >= 4 is 23.3 Å². The summed E-state index contributed by atoms with van der Waals surface area (Å²) in [7, 11) is 1.54. The van der Waals surface area contributed by atoms with E-state index in [4.69, 9.17) is 16.3 Å². The first-order chi connectivity index (χ1) is 12.0. The van der Waals surface area contributed by atoms with Crippen LogP contribution in [0.25, 0.3) is 0 Å². The van der Waals surface area contributed by atoms with E-state index in [2.05, 4.69) is 10.6 Å². The molecule has 2 N–H and O–H groups in total. The van der Waals surface area contributed by atoms with Gasteiger partial charge in [-0.05, 0) is 49.7 Å². The third-order valence-corrected chi connectivity index (χ3v) is 4.01. The van der Waals surface area contributed by atoms with Crippen LogP contribution in [0.1, 0.15) is 25.0 Å². The maximum absolute atomic E-state index is 13.1. The highest BCUT2D eigenvalue weighted by molar-refractivity contribution is 6.30. The zero-order valence-electron chi connectivity index (χ0n) is 14.4. The number of alkyl halides is 3. The lowest BCUT2D eigenvalue weighted by atomic mass is 9.94. The van der Waals surface area contributed by atoms with Crippen molar-refractivity contribution in [2.24, 2.45) is 0 Å². The van der Waals surface area contributed by atoms with Gasteiger partial charge in [-0.3, -0.25) is 0 Å². The molecule has 0 spiro atoms. The van der Waals surface area contributed by atoms with E-state index in [0.29, 0.717) is 5.75 Å². The summed E-state index contributed by atoms with van der Waals surface area (Å²) in [4.78, 5) is 12.2. The Morgan fingerprint density at radius 1 is 1.08 bits per heavy atom. The summed E-state index contributed by atoms with van der Waals surface area (Å²) in [5, 5.41) is 4.83. The van der Waals surface area contributed by atoms with E-state index in [9.17, 15) is 18.0 Å². The molecule has 2 amide bonds. The first-order valence-corrected chi connectivity index (χ1v) is 8.01. The average molecular weight is 387 g/mol. The van der Waals surface area contributed by atoms with Gasteiger partial charge in [0.2, 0.25) is 0 Å². The van der Waals surface area contributed by atoms with Crippen molar-refractivity contribution in [1.82, 2.24) is 5.32 Å². The van der Waals surface area contributed by atoms with Crippen LogP contribution in [0.5, 0.6) is 5.75 Å². The van der Waals surface area contributed by atoms with Gasteiger partial charge in [-0.1, -0.05) is 23.7 Å². The number of hydrogen-bond donors (Lipinski definition) is 2. The van der Waals surface area contributed by atoms with E-state index >= 15 is 0 Å². The van der Waals surface area contributed by atoms with Gasteiger partial charge in [0.05, 0.1) is 23.9 Å². The van der Waals surface area contributed by atoms with Crippen LogP contribution in [0.2, 0.25) is 5.02 Å². The van der Waals surface area contributed by atoms with Crippen molar-refractivity contribution < 1.29 is 22.7 Å². The fraction of sp³-hybridized carbons (Fsp3) is 0.278. The van der Waals surface area contributed by atoms with Crippen molar-refractivity contribution in [3.05, 3.63) is 58.6 Å². The summed E-state index contributed by atoms with van der Waals surface area (Å²) >= 11 is 5.63. The standard InChI is InChI=1S/C18H18ClF3N2O2/c1-17(2,11-4-7-13(26-3)8-5-11)24-16(25)23-15-9-6-12(19)10-14(15)18(20,21)22/h4-10H,1-3H3,(H2,23,24,25). The smallest absolute Gasteiger partial charge is 0.418 e. The van der Waals surface area contributed by atoms with Crippen LogP contribution in [0.3, 0.4) is 0 Å². The van der Waals surface area contributed by atoms with Crippen molar-refractivity contribution in [3.8, 4) is 5.75 Å². The predicted molar refractivity (Wildman–Crippen MR) is 94.6 cm³/mol. The Morgan fingerprint density at radius 3 is 2.23 bits per heavy atom. The topological polar surface area (TPSA) is 50.4 Å². The molecule has 4 nitrogen and oxygen atoms in total. The fourth-order valence-corrected chi connectivity index (χ4v) is 2.55. The number of anilines is 1. The Balaban J connectivity index is 2.17. The average Bonchev–Trinajstić information content (AvgIpc) is 2.55. The molecule has 2 aromatic rings. The predicted octanol–water partition coefficient (Wildman–Crippen LogP) is 5.42. The number of halogens is 4. The maximum atomic E-state index is 13.1. The van der Waals surface area contributed by atoms with Crippen LogP contribution >= 0.6 is 11.6 Å². The Hall–Kier alpha value is -2.41. The minimum atomic E-state index is -4.64. The molecule has 0 heterocycles. The molecular weight excluding hydrogens is 369 g/mol. The second kappa shape index (κ2) is 7.45. The highest BCUT2D eigenvalue weighted by atomic mass is 35.5. The SMILES string of the molecule is COc1ccc(C(C)(C)NC(=O)Nc2ccc(Cl)cc2C(F)(F)F)cc1. The lowest BCUT2D eigenvalue weighted by Gasteiger charge is -2.27. The number of nitrogens with one attached hydrogen (secondary N) is 2. The second-order valence-corrected chi connectivity index (χ2v) is 6.56. The molecule has 0 bridgehead atoms. The number of benzene rings is 2. The molecule has 2 aromatic carbocycles. The number of carbonyl (C=O) groups excluding carboxylic acids is 1. The van der Waals surface area contributed by atoms with Crippen molar-refractivity contribution in [1.29, 1.82) is 0 Å². The number of rotatable bonds is 4. The normalized spacial score (nSPS) is 11.8. The molecule has 0 radical (unpaired) electrons.